The molecule has 0 saturated carbocycles. The first kappa shape index (κ1) is 13.4. The van der Waals surface area contributed by atoms with Crippen LogP contribution in [-0.4, -0.2) is 18.5 Å². The van der Waals surface area contributed by atoms with Crippen molar-refractivity contribution >= 4 is 11.9 Å². The van der Waals surface area contributed by atoms with Crippen LogP contribution in [0.4, 0.5) is 0 Å². The summed E-state index contributed by atoms with van der Waals surface area (Å²) in [4.78, 5) is 21.3. The first-order chi connectivity index (χ1) is 7.16. The first-order valence-corrected chi connectivity index (χ1v) is 4.79. The van der Waals surface area contributed by atoms with Crippen LogP contribution >= 0.6 is 0 Å². The largest absolute Gasteiger partial charge is 0.462 e. The number of hydrogen-bond donors (Lipinski definition) is 0. The molecule has 4 nitrogen and oxygen atoms in total. The van der Waals surface area contributed by atoms with Gasteiger partial charge < -0.3 is 9.47 Å². The monoisotopic (exact) mass is 212 g/mol. The Hall–Kier alpha value is -1.58. The molecule has 0 aliphatic heterocycles. The second-order valence-electron chi connectivity index (χ2n) is 2.75. The summed E-state index contributed by atoms with van der Waals surface area (Å²) in [7, 11) is 0. The molecule has 0 unspecified atom stereocenters. The van der Waals surface area contributed by atoms with Gasteiger partial charge in [-0.05, 0) is 12.5 Å². The van der Waals surface area contributed by atoms with Crippen molar-refractivity contribution in [1.82, 2.24) is 0 Å². The van der Waals surface area contributed by atoms with Crippen molar-refractivity contribution in [2.75, 3.05) is 6.61 Å². The van der Waals surface area contributed by atoms with Crippen LogP contribution in [0.5, 0.6) is 0 Å². The van der Waals surface area contributed by atoms with Gasteiger partial charge >= 0.3 is 11.9 Å². The highest BCUT2D eigenvalue weighted by Crippen LogP contribution is 1.91. The summed E-state index contributed by atoms with van der Waals surface area (Å²) >= 11 is 0. The quantitative estimate of drug-likeness (QED) is 0.383. The normalized spacial score (nSPS) is 10.8. The molecule has 0 bridgehead atoms. The van der Waals surface area contributed by atoms with E-state index in [4.69, 9.17) is 4.74 Å². The van der Waals surface area contributed by atoms with E-state index < -0.39 is 0 Å². The van der Waals surface area contributed by atoms with E-state index in [9.17, 15) is 9.59 Å². The fraction of sp³-hybridized carbons (Fsp3) is 0.455. The van der Waals surface area contributed by atoms with E-state index in [0.29, 0.717) is 0 Å². The lowest BCUT2D eigenvalue weighted by Gasteiger charge is -1.95. The van der Waals surface area contributed by atoms with Gasteiger partial charge in [0.1, 0.15) is 6.61 Å². The second-order valence-corrected chi connectivity index (χ2v) is 2.75. The molecule has 0 aromatic heterocycles. The third-order valence-electron chi connectivity index (χ3n) is 1.37. The van der Waals surface area contributed by atoms with E-state index in [-0.39, 0.29) is 25.0 Å². The van der Waals surface area contributed by atoms with E-state index >= 15 is 0 Å². The minimum Gasteiger partial charge on any atom is -0.462 e. The molecule has 0 spiro atoms. The molecule has 4 heteroatoms. The van der Waals surface area contributed by atoms with Gasteiger partial charge in [0.2, 0.25) is 0 Å². The molecule has 84 valence electrons. The molecule has 0 saturated heterocycles. The Morgan fingerprint density at radius 2 is 1.93 bits per heavy atom. The summed E-state index contributed by atoms with van der Waals surface area (Å²) in [5.74, 6) is -0.674. The van der Waals surface area contributed by atoms with E-state index in [1.807, 2.05) is 6.92 Å². The summed E-state index contributed by atoms with van der Waals surface area (Å²) < 4.78 is 9.36. The Balaban J connectivity index is 3.53. The molecule has 0 aromatic carbocycles. The van der Waals surface area contributed by atoms with Crippen molar-refractivity contribution < 1.29 is 19.1 Å². The van der Waals surface area contributed by atoms with Crippen LogP contribution < -0.4 is 0 Å². The van der Waals surface area contributed by atoms with Gasteiger partial charge in [-0.2, -0.15) is 0 Å². The molecule has 0 N–H and O–H groups in total. The standard InChI is InChI=1S/C11H16O4/c1-3-4-8-15-11(13)7-5-6-9-14-10(2)12/h4-6,8H,3,7,9H2,1-2H3. The Kier molecular flexibility index (Phi) is 8.05. The average Bonchev–Trinajstić information content (AvgIpc) is 2.17. The van der Waals surface area contributed by atoms with Crippen LogP contribution in [0.3, 0.4) is 0 Å². The predicted octanol–water partition coefficient (Wildman–Crippen LogP) is 1.96. The molecule has 0 aromatic rings. The van der Waals surface area contributed by atoms with Gasteiger partial charge in [-0.25, -0.2) is 0 Å². The predicted molar refractivity (Wildman–Crippen MR) is 55.9 cm³/mol. The maximum atomic E-state index is 11.0. The second kappa shape index (κ2) is 8.99. The molecule has 0 aliphatic carbocycles. The summed E-state index contributed by atoms with van der Waals surface area (Å²) in [6, 6.07) is 0. The molecule has 0 radical (unpaired) electrons. The molecule has 0 amide bonds. The highest BCUT2D eigenvalue weighted by molar-refractivity contribution is 5.71. The van der Waals surface area contributed by atoms with Gasteiger partial charge in [0, 0.05) is 6.92 Å². The van der Waals surface area contributed by atoms with Crippen molar-refractivity contribution in [2.24, 2.45) is 0 Å². The van der Waals surface area contributed by atoms with Gasteiger partial charge in [0.05, 0.1) is 12.7 Å². The van der Waals surface area contributed by atoms with Gasteiger partial charge in [-0.15, -0.1) is 0 Å². The number of allylic oxidation sites excluding steroid dienone is 1. The minimum absolute atomic E-state index is 0.176. The smallest absolute Gasteiger partial charge is 0.314 e. The van der Waals surface area contributed by atoms with Crippen LogP contribution in [0.1, 0.15) is 26.7 Å². The lowest BCUT2D eigenvalue weighted by molar-refractivity contribution is -0.139. The number of esters is 2. The number of carbonyl (C=O) groups excluding carboxylic acids is 2. The molecule has 0 aliphatic rings. The lowest BCUT2D eigenvalue weighted by Crippen LogP contribution is -1.99. The summed E-state index contributed by atoms with van der Waals surface area (Å²) in [5, 5.41) is 0. The molecule has 0 atom stereocenters. The number of hydrogen-bond acceptors (Lipinski definition) is 4. The van der Waals surface area contributed by atoms with Gasteiger partial charge in [0.25, 0.3) is 0 Å². The van der Waals surface area contributed by atoms with Gasteiger partial charge in [0.15, 0.2) is 0 Å². The summed E-state index contributed by atoms with van der Waals surface area (Å²) in [6.45, 7) is 3.47. The van der Waals surface area contributed by atoms with E-state index in [1.54, 1.807) is 18.2 Å². The average molecular weight is 212 g/mol. The maximum Gasteiger partial charge on any atom is 0.314 e. The topological polar surface area (TPSA) is 52.6 Å². The Bertz CT molecular complexity index is 253. The van der Waals surface area contributed by atoms with Crippen molar-refractivity contribution in [2.45, 2.75) is 26.7 Å². The van der Waals surface area contributed by atoms with E-state index in [0.717, 1.165) is 6.42 Å². The van der Waals surface area contributed by atoms with Gasteiger partial charge in [-0.3, -0.25) is 9.59 Å². The molecule has 0 fully saturated rings. The van der Waals surface area contributed by atoms with Crippen molar-refractivity contribution in [3.05, 3.63) is 24.5 Å². The minimum atomic E-state index is -0.340. The number of ether oxygens (including phenoxy) is 2. The van der Waals surface area contributed by atoms with Crippen LogP contribution in [0, 0.1) is 0 Å². The fourth-order valence-corrected chi connectivity index (χ4v) is 0.681. The van der Waals surface area contributed by atoms with Crippen LogP contribution in [0.25, 0.3) is 0 Å². The molecule has 15 heavy (non-hydrogen) atoms. The SMILES string of the molecule is CCC=COC(=O)CC=CCOC(C)=O. The Morgan fingerprint density at radius 1 is 1.20 bits per heavy atom. The third-order valence-corrected chi connectivity index (χ3v) is 1.37. The van der Waals surface area contributed by atoms with E-state index in [2.05, 4.69) is 4.74 Å². The summed E-state index contributed by atoms with van der Waals surface area (Å²) in [5.41, 5.74) is 0. The molecular formula is C11H16O4. The zero-order chi connectivity index (χ0) is 11.5. The number of rotatable bonds is 6. The van der Waals surface area contributed by atoms with Crippen molar-refractivity contribution in [1.29, 1.82) is 0 Å². The molecule has 0 heterocycles. The maximum absolute atomic E-state index is 11.0. The van der Waals surface area contributed by atoms with Crippen molar-refractivity contribution in [3.8, 4) is 0 Å². The fourth-order valence-electron chi connectivity index (χ4n) is 0.681. The van der Waals surface area contributed by atoms with Gasteiger partial charge in [-0.1, -0.05) is 19.1 Å². The Labute approximate surface area is 89.6 Å². The highest BCUT2D eigenvalue weighted by Gasteiger charge is 1.95. The zero-order valence-corrected chi connectivity index (χ0v) is 9.06. The van der Waals surface area contributed by atoms with E-state index in [1.165, 1.54) is 13.2 Å². The molecular weight excluding hydrogens is 196 g/mol. The lowest BCUT2D eigenvalue weighted by atomic mass is 10.4. The molecule has 0 rings (SSSR count). The zero-order valence-electron chi connectivity index (χ0n) is 9.06. The first-order valence-electron chi connectivity index (χ1n) is 4.79. The van der Waals surface area contributed by atoms with Crippen LogP contribution in [0.2, 0.25) is 0 Å². The van der Waals surface area contributed by atoms with Crippen LogP contribution in [0.15, 0.2) is 24.5 Å². The highest BCUT2D eigenvalue weighted by atomic mass is 16.5. The van der Waals surface area contributed by atoms with Crippen molar-refractivity contribution in [3.63, 3.8) is 0 Å². The number of carbonyl (C=O) groups is 2. The Morgan fingerprint density at radius 3 is 2.53 bits per heavy atom. The third kappa shape index (κ3) is 10.3. The van der Waals surface area contributed by atoms with Crippen LogP contribution in [-0.2, 0) is 19.1 Å². The summed E-state index contributed by atoms with van der Waals surface area (Å²) in [6.07, 6.45) is 7.34.